The SMILES string of the molecule is CCOc1cc(C(=O)O)cc(Br)c1OCc1cnn(C)c1. The lowest BCUT2D eigenvalue weighted by Gasteiger charge is -2.14. The van der Waals surface area contributed by atoms with Gasteiger partial charge in [0.15, 0.2) is 11.5 Å². The van der Waals surface area contributed by atoms with E-state index in [4.69, 9.17) is 14.6 Å². The summed E-state index contributed by atoms with van der Waals surface area (Å²) in [6.07, 6.45) is 3.56. The summed E-state index contributed by atoms with van der Waals surface area (Å²) in [5.74, 6) is -0.144. The maximum absolute atomic E-state index is 11.1. The van der Waals surface area contributed by atoms with Crippen LogP contribution in [0.5, 0.6) is 11.5 Å². The van der Waals surface area contributed by atoms with Crippen LogP contribution in [0.2, 0.25) is 0 Å². The Morgan fingerprint density at radius 3 is 2.76 bits per heavy atom. The van der Waals surface area contributed by atoms with E-state index in [1.54, 1.807) is 10.9 Å². The highest BCUT2D eigenvalue weighted by atomic mass is 79.9. The molecule has 0 spiro atoms. The molecule has 0 atom stereocenters. The third-order valence-corrected chi connectivity index (χ3v) is 3.29. The molecule has 21 heavy (non-hydrogen) atoms. The van der Waals surface area contributed by atoms with Crippen molar-refractivity contribution in [1.29, 1.82) is 0 Å². The van der Waals surface area contributed by atoms with Crippen molar-refractivity contribution in [2.24, 2.45) is 7.05 Å². The lowest BCUT2D eigenvalue weighted by Crippen LogP contribution is -2.03. The van der Waals surface area contributed by atoms with Gasteiger partial charge in [-0.1, -0.05) is 0 Å². The number of carboxylic acids is 1. The molecule has 0 bridgehead atoms. The van der Waals surface area contributed by atoms with Gasteiger partial charge in [-0.25, -0.2) is 4.79 Å². The largest absolute Gasteiger partial charge is 0.490 e. The molecule has 0 fully saturated rings. The average Bonchev–Trinajstić information content (AvgIpc) is 2.83. The molecule has 7 heteroatoms. The van der Waals surface area contributed by atoms with Gasteiger partial charge in [-0.15, -0.1) is 0 Å². The Hall–Kier alpha value is -2.02. The molecule has 0 saturated heterocycles. The first-order valence-electron chi connectivity index (χ1n) is 6.31. The van der Waals surface area contributed by atoms with Crippen molar-refractivity contribution in [3.8, 4) is 11.5 Å². The molecule has 0 saturated carbocycles. The number of halogens is 1. The molecule has 2 rings (SSSR count). The zero-order valence-electron chi connectivity index (χ0n) is 11.7. The molecule has 0 aliphatic carbocycles. The summed E-state index contributed by atoms with van der Waals surface area (Å²) in [5.41, 5.74) is 1.05. The predicted octanol–water partition coefficient (Wildman–Crippen LogP) is 2.86. The number of carboxylic acid groups (broad SMARTS) is 1. The number of aromatic carboxylic acids is 1. The minimum atomic E-state index is -1.02. The lowest BCUT2D eigenvalue weighted by molar-refractivity contribution is 0.0696. The Labute approximate surface area is 130 Å². The number of ether oxygens (including phenoxy) is 2. The molecule has 0 aliphatic rings. The van der Waals surface area contributed by atoms with Crippen LogP contribution >= 0.6 is 15.9 Å². The number of rotatable bonds is 6. The monoisotopic (exact) mass is 354 g/mol. The highest BCUT2D eigenvalue weighted by Crippen LogP contribution is 2.37. The second kappa shape index (κ2) is 6.62. The van der Waals surface area contributed by atoms with Crippen LogP contribution in [0.25, 0.3) is 0 Å². The van der Waals surface area contributed by atoms with E-state index in [1.165, 1.54) is 12.1 Å². The first-order chi connectivity index (χ1) is 10.0. The minimum absolute atomic E-state index is 0.138. The standard InChI is InChI=1S/C14H15BrN2O4/c1-3-20-12-5-10(14(18)19)4-11(15)13(12)21-8-9-6-16-17(2)7-9/h4-7H,3,8H2,1-2H3,(H,18,19). The van der Waals surface area contributed by atoms with Gasteiger partial charge in [0.05, 0.1) is 22.8 Å². The second-order valence-electron chi connectivity index (χ2n) is 4.33. The Morgan fingerprint density at radius 1 is 1.43 bits per heavy atom. The minimum Gasteiger partial charge on any atom is -0.490 e. The van der Waals surface area contributed by atoms with E-state index in [9.17, 15) is 4.79 Å². The third-order valence-electron chi connectivity index (χ3n) is 2.70. The van der Waals surface area contributed by atoms with E-state index in [1.807, 2.05) is 20.2 Å². The number of benzene rings is 1. The number of nitrogens with zero attached hydrogens (tertiary/aromatic N) is 2. The maximum Gasteiger partial charge on any atom is 0.335 e. The summed E-state index contributed by atoms with van der Waals surface area (Å²) < 4.78 is 13.4. The van der Waals surface area contributed by atoms with Gasteiger partial charge in [-0.05, 0) is 35.0 Å². The molecular formula is C14H15BrN2O4. The Morgan fingerprint density at radius 2 is 2.19 bits per heavy atom. The fourth-order valence-corrected chi connectivity index (χ4v) is 2.35. The summed E-state index contributed by atoms with van der Waals surface area (Å²) >= 11 is 3.33. The smallest absolute Gasteiger partial charge is 0.335 e. The van der Waals surface area contributed by atoms with E-state index >= 15 is 0 Å². The van der Waals surface area contributed by atoms with Crippen molar-refractivity contribution in [3.63, 3.8) is 0 Å². The molecule has 1 aromatic heterocycles. The predicted molar refractivity (Wildman–Crippen MR) is 79.8 cm³/mol. The van der Waals surface area contributed by atoms with Gasteiger partial charge in [0.25, 0.3) is 0 Å². The van der Waals surface area contributed by atoms with Crippen molar-refractivity contribution in [2.45, 2.75) is 13.5 Å². The molecule has 2 aromatic rings. The summed E-state index contributed by atoms with van der Waals surface area (Å²) in [6.45, 7) is 2.56. The van der Waals surface area contributed by atoms with Crippen LogP contribution in [-0.4, -0.2) is 27.5 Å². The topological polar surface area (TPSA) is 73.6 Å². The van der Waals surface area contributed by atoms with Gasteiger partial charge in [-0.3, -0.25) is 4.68 Å². The molecule has 112 valence electrons. The van der Waals surface area contributed by atoms with E-state index < -0.39 is 5.97 Å². The molecule has 1 aromatic carbocycles. The molecule has 0 aliphatic heterocycles. The average molecular weight is 355 g/mol. The van der Waals surface area contributed by atoms with E-state index in [0.717, 1.165) is 5.56 Å². The van der Waals surface area contributed by atoms with Crippen LogP contribution < -0.4 is 9.47 Å². The van der Waals surface area contributed by atoms with Crippen molar-refractivity contribution in [3.05, 3.63) is 40.1 Å². The van der Waals surface area contributed by atoms with E-state index in [2.05, 4.69) is 21.0 Å². The normalized spacial score (nSPS) is 10.4. The highest BCUT2D eigenvalue weighted by molar-refractivity contribution is 9.10. The summed E-state index contributed by atoms with van der Waals surface area (Å²) in [6, 6.07) is 2.94. The third kappa shape index (κ3) is 3.75. The molecule has 1 N–H and O–H groups in total. The van der Waals surface area contributed by atoms with Crippen LogP contribution in [0.3, 0.4) is 0 Å². The fraction of sp³-hybridized carbons (Fsp3) is 0.286. The molecule has 6 nitrogen and oxygen atoms in total. The van der Waals surface area contributed by atoms with Gasteiger partial charge in [0.1, 0.15) is 6.61 Å². The van der Waals surface area contributed by atoms with E-state index in [-0.39, 0.29) is 5.56 Å². The number of aromatic nitrogens is 2. The number of hydrogen-bond acceptors (Lipinski definition) is 4. The highest BCUT2D eigenvalue weighted by Gasteiger charge is 2.15. The Bertz CT molecular complexity index is 654. The van der Waals surface area contributed by atoms with Crippen molar-refractivity contribution >= 4 is 21.9 Å². The Kier molecular flexibility index (Phi) is 4.85. The lowest BCUT2D eigenvalue weighted by atomic mass is 10.2. The van der Waals surface area contributed by atoms with Crippen molar-refractivity contribution in [2.75, 3.05) is 6.61 Å². The fourth-order valence-electron chi connectivity index (χ4n) is 1.80. The molecule has 0 amide bonds. The molecule has 1 heterocycles. The van der Waals surface area contributed by atoms with Crippen molar-refractivity contribution < 1.29 is 19.4 Å². The zero-order valence-corrected chi connectivity index (χ0v) is 13.3. The molecule has 0 radical (unpaired) electrons. The molecule has 0 unspecified atom stereocenters. The molecular weight excluding hydrogens is 340 g/mol. The van der Waals surface area contributed by atoms with Crippen molar-refractivity contribution in [1.82, 2.24) is 9.78 Å². The van der Waals surface area contributed by atoms with Crippen LogP contribution in [-0.2, 0) is 13.7 Å². The quantitative estimate of drug-likeness (QED) is 0.863. The Balaban J connectivity index is 2.26. The summed E-state index contributed by atoms with van der Waals surface area (Å²) in [5, 5.41) is 13.1. The van der Waals surface area contributed by atoms with Crippen LogP contribution in [0, 0.1) is 0 Å². The van der Waals surface area contributed by atoms with Crippen LogP contribution in [0.1, 0.15) is 22.8 Å². The van der Waals surface area contributed by atoms with Crippen LogP contribution in [0.15, 0.2) is 29.0 Å². The number of aryl methyl sites for hydroxylation is 1. The second-order valence-corrected chi connectivity index (χ2v) is 5.19. The van der Waals surface area contributed by atoms with Gasteiger partial charge < -0.3 is 14.6 Å². The summed E-state index contributed by atoms with van der Waals surface area (Å²) in [7, 11) is 1.83. The van der Waals surface area contributed by atoms with E-state index in [0.29, 0.717) is 29.2 Å². The zero-order chi connectivity index (χ0) is 15.4. The van der Waals surface area contributed by atoms with Crippen LogP contribution in [0.4, 0.5) is 0 Å². The van der Waals surface area contributed by atoms with Gasteiger partial charge >= 0.3 is 5.97 Å². The number of hydrogen-bond donors (Lipinski definition) is 1. The first kappa shape index (κ1) is 15.4. The van der Waals surface area contributed by atoms with Gasteiger partial charge in [-0.2, -0.15) is 5.10 Å². The maximum atomic E-state index is 11.1. The number of carbonyl (C=O) groups is 1. The summed E-state index contributed by atoms with van der Waals surface area (Å²) in [4.78, 5) is 11.1. The van der Waals surface area contributed by atoms with Gasteiger partial charge in [0, 0.05) is 18.8 Å². The first-order valence-corrected chi connectivity index (χ1v) is 7.10. The van der Waals surface area contributed by atoms with Gasteiger partial charge in [0.2, 0.25) is 0 Å².